The maximum Gasteiger partial charge on any atom is 0.306 e. The van der Waals surface area contributed by atoms with Crippen LogP contribution in [-0.2, 0) is 20.7 Å². The monoisotopic (exact) mass is 632 g/mol. The van der Waals surface area contributed by atoms with E-state index in [1.54, 1.807) is 44.2 Å². The average molecular weight is 633 g/mol. The molecule has 2 aromatic rings. The van der Waals surface area contributed by atoms with Crippen LogP contribution in [0, 0.1) is 11.7 Å². The normalized spacial score (nSPS) is 10.9. The molecule has 0 fully saturated rings. The van der Waals surface area contributed by atoms with Gasteiger partial charge in [0.1, 0.15) is 11.5 Å². The van der Waals surface area contributed by atoms with Crippen molar-refractivity contribution in [2.45, 2.75) is 60.4 Å². The lowest BCUT2D eigenvalue weighted by atomic mass is 10.0. The summed E-state index contributed by atoms with van der Waals surface area (Å²) in [4.78, 5) is 25.8. The lowest BCUT2D eigenvalue weighted by molar-refractivity contribution is -0.141. The number of carbonyl (C=O) groups is 2. The number of phenols is 1. The second kappa shape index (κ2) is 29.9. The predicted molar refractivity (Wildman–Crippen MR) is 184 cm³/mol. The van der Waals surface area contributed by atoms with Crippen molar-refractivity contribution in [1.29, 1.82) is 0 Å². The number of carboxylic acid groups (broad SMARTS) is 1. The molecular formula is C36H57FN2O6. The first-order chi connectivity index (χ1) is 21.4. The van der Waals surface area contributed by atoms with Gasteiger partial charge in [-0.05, 0) is 69.8 Å². The minimum atomic E-state index is -0.789. The molecule has 2 atom stereocenters. The van der Waals surface area contributed by atoms with E-state index in [9.17, 15) is 14.0 Å². The molecule has 45 heavy (non-hydrogen) atoms. The highest BCUT2D eigenvalue weighted by Crippen LogP contribution is 2.16. The van der Waals surface area contributed by atoms with E-state index in [2.05, 4.69) is 25.0 Å². The van der Waals surface area contributed by atoms with E-state index in [4.69, 9.17) is 19.7 Å². The Morgan fingerprint density at radius 3 is 2.02 bits per heavy atom. The summed E-state index contributed by atoms with van der Waals surface area (Å²) in [5.41, 5.74) is 0.977. The number of hydrogen-bond donors (Lipinski definition) is 2. The van der Waals surface area contributed by atoms with Gasteiger partial charge in [0.25, 0.3) is 0 Å². The number of ether oxygens (including phenoxy) is 2. The number of carbonyl (C=O) groups excluding carboxylic acids is 1. The number of methoxy groups -OCH3 is 1. The van der Waals surface area contributed by atoms with Crippen molar-refractivity contribution in [2.24, 2.45) is 5.92 Å². The molecule has 1 amide bonds. The van der Waals surface area contributed by atoms with Crippen molar-refractivity contribution in [3.63, 3.8) is 0 Å². The van der Waals surface area contributed by atoms with Crippen molar-refractivity contribution >= 4 is 12.4 Å². The first kappa shape index (κ1) is 45.3. The zero-order valence-electron chi connectivity index (χ0n) is 28.8. The predicted octanol–water partition coefficient (Wildman–Crippen LogP) is 7.60. The van der Waals surface area contributed by atoms with Crippen LogP contribution in [0.15, 0.2) is 85.7 Å². The van der Waals surface area contributed by atoms with E-state index in [-0.39, 0.29) is 11.8 Å². The van der Waals surface area contributed by atoms with Gasteiger partial charge in [-0.25, -0.2) is 4.39 Å². The van der Waals surface area contributed by atoms with Gasteiger partial charge in [-0.2, -0.15) is 0 Å². The van der Waals surface area contributed by atoms with E-state index in [1.807, 2.05) is 65.1 Å². The molecule has 0 saturated carbocycles. The fourth-order valence-corrected chi connectivity index (χ4v) is 3.18. The SMILES string of the molecule is C=C(/C=C\C)OC.C=CC.CC.CCN(C)C[C@H](CCOc1ccc(CC(C)C(=O)O)cc1)N(C)C=O.Oc1ccccc1F. The van der Waals surface area contributed by atoms with Gasteiger partial charge in [-0.3, -0.25) is 9.59 Å². The Bertz CT molecular complexity index is 1050. The lowest BCUT2D eigenvalue weighted by Gasteiger charge is -2.28. The van der Waals surface area contributed by atoms with Gasteiger partial charge in [0, 0.05) is 26.1 Å². The Hall–Kier alpha value is -4.11. The molecule has 0 aromatic heterocycles. The molecule has 0 aliphatic heterocycles. The van der Waals surface area contributed by atoms with Gasteiger partial charge in [-0.15, -0.1) is 6.58 Å². The number of rotatable bonds is 14. The minimum absolute atomic E-state index is 0.109. The first-order valence-corrected chi connectivity index (χ1v) is 15.1. The highest BCUT2D eigenvalue weighted by molar-refractivity contribution is 5.69. The summed E-state index contributed by atoms with van der Waals surface area (Å²) in [6, 6.07) is 13.2. The Morgan fingerprint density at radius 1 is 1.09 bits per heavy atom. The van der Waals surface area contributed by atoms with Gasteiger partial charge < -0.3 is 29.5 Å². The Morgan fingerprint density at radius 2 is 1.64 bits per heavy atom. The van der Waals surface area contributed by atoms with E-state index >= 15 is 0 Å². The van der Waals surface area contributed by atoms with Crippen LogP contribution in [0.5, 0.6) is 11.5 Å². The molecule has 0 aliphatic rings. The van der Waals surface area contributed by atoms with Crippen LogP contribution in [0.4, 0.5) is 4.39 Å². The number of phenolic OH excluding ortho intramolecular Hbond substituents is 1. The summed E-state index contributed by atoms with van der Waals surface area (Å²) < 4.78 is 22.6. The molecule has 0 heterocycles. The summed E-state index contributed by atoms with van der Waals surface area (Å²) in [6.45, 7) is 20.8. The minimum Gasteiger partial charge on any atom is -0.505 e. The molecule has 0 radical (unpaired) electrons. The average Bonchev–Trinajstić information content (AvgIpc) is 3.04. The highest BCUT2D eigenvalue weighted by atomic mass is 19.1. The molecular weight excluding hydrogens is 575 g/mol. The number of hydrogen-bond acceptors (Lipinski definition) is 6. The van der Waals surface area contributed by atoms with Gasteiger partial charge in [-0.1, -0.05) is 70.7 Å². The molecule has 0 aliphatic carbocycles. The molecule has 1 unspecified atom stereocenters. The van der Waals surface area contributed by atoms with Gasteiger partial charge in [0.15, 0.2) is 11.6 Å². The van der Waals surface area contributed by atoms with Crippen molar-refractivity contribution < 1.29 is 33.7 Å². The zero-order chi connectivity index (χ0) is 35.2. The third kappa shape index (κ3) is 25.0. The third-order valence-electron chi connectivity index (χ3n) is 5.88. The van der Waals surface area contributed by atoms with Gasteiger partial charge in [0.05, 0.1) is 19.6 Å². The van der Waals surface area contributed by atoms with Crippen LogP contribution in [-0.4, -0.2) is 79.3 Å². The van der Waals surface area contributed by atoms with Gasteiger partial charge in [0.2, 0.25) is 6.41 Å². The highest BCUT2D eigenvalue weighted by Gasteiger charge is 2.15. The molecule has 2 aromatic carbocycles. The fraction of sp³-hybridized carbons (Fsp3) is 0.444. The quantitative estimate of drug-likeness (QED) is 0.0958. The summed E-state index contributed by atoms with van der Waals surface area (Å²) in [7, 11) is 5.42. The number of aromatic hydroxyl groups is 1. The largest absolute Gasteiger partial charge is 0.505 e. The van der Waals surface area contributed by atoms with Crippen LogP contribution in [0.1, 0.15) is 53.5 Å². The third-order valence-corrected chi connectivity index (χ3v) is 5.88. The van der Waals surface area contributed by atoms with Crippen LogP contribution < -0.4 is 4.74 Å². The van der Waals surface area contributed by atoms with Crippen molar-refractivity contribution in [1.82, 2.24) is 9.80 Å². The fourth-order valence-electron chi connectivity index (χ4n) is 3.18. The Kier molecular flexibility index (Phi) is 30.2. The first-order valence-electron chi connectivity index (χ1n) is 15.1. The van der Waals surface area contributed by atoms with Crippen LogP contribution >= 0.6 is 0 Å². The number of likely N-dealkylation sites (N-methyl/N-ethyl adjacent to an activating group) is 2. The zero-order valence-corrected chi connectivity index (χ0v) is 28.8. The van der Waals surface area contributed by atoms with E-state index in [1.165, 1.54) is 18.2 Å². The van der Waals surface area contributed by atoms with Crippen LogP contribution in [0.3, 0.4) is 0 Å². The molecule has 0 bridgehead atoms. The van der Waals surface area contributed by atoms with Crippen molar-refractivity contribution in [2.75, 3.05) is 40.9 Å². The Labute approximate surface area is 271 Å². The number of benzene rings is 2. The number of aliphatic carboxylic acids is 1. The molecule has 0 spiro atoms. The molecule has 8 nitrogen and oxygen atoms in total. The summed E-state index contributed by atoms with van der Waals surface area (Å²) in [5.74, 6) is -0.616. The summed E-state index contributed by atoms with van der Waals surface area (Å²) in [6.07, 6.45) is 7.54. The number of halogens is 1. The van der Waals surface area contributed by atoms with Crippen molar-refractivity contribution in [3.8, 4) is 11.5 Å². The summed E-state index contributed by atoms with van der Waals surface area (Å²) in [5, 5.41) is 17.5. The van der Waals surface area contributed by atoms with Crippen LogP contribution in [0.25, 0.3) is 0 Å². The molecule has 2 N–H and O–H groups in total. The smallest absolute Gasteiger partial charge is 0.306 e. The second-order valence-corrected chi connectivity index (χ2v) is 9.53. The number of nitrogens with zero attached hydrogens (tertiary/aromatic N) is 2. The number of amides is 1. The Balaban J connectivity index is -0.000000712. The number of allylic oxidation sites excluding steroid dienone is 3. The maximum atomic E-state index is 12.1. The second-order valence-electron chi connectivity index (χ2n) is 9.53. The molecule has 9 heteroatoms. The lowest BCUT2D eigenvalue weighted by Crippen LogP contribution is -2.41. The molecule has 2 rings (SSSR count). The van der Waals surface area contributed by atoms with E-state index in [0.29, 0.717) is 18.8 Å². The topological polar surface area (TPSA) is 99.5 Å². The number of carboxylic acids is 1. The molecule has 0 saturated heterocycles. The van der Waals surface area contributed by atoms with Crippen LogP contribution in [0.2, 0.25) is 0 Å². The number of para-hydroxylation sites is 1. The standard InChI is InChI=1S/C19H30N2O4.C6H5FO.C6H10O.C3H6.C2H6/c1-5-20(3)13-17(21(4)14-22)10-11-25-18-8-6-16(7-9-18)12-15(2)19(23)24;7-5-3-1-2-4-6(5)8;1-4-5-6(2)7-3;1-3-2;1-2/h6-9,14-15,17H,5,10-13H2,1-4H3,(H,23,24);1-4,8H;4-5H,2H2,1,3H3;3H,1H2,2H3;1-2H3/b;;5-4-;;/t15?,17-;;;;/m0..../s1. The summed E-state index contributed by atoms with van der Waals surface area (Å²) >= 11 is 0. The van der Waals surface area contributed by atoms with Crippen molar-refractivity contribution in [3.05, 3.63) is 97.1 Å². The van der Waals surface area contributed by atoms with E-state index < -0.39 is 17.7 Å². The van der Waals surface area contributed by atoms with Gasteiger partial charge >= 0.3 is 5.97 Å². The molecule has 254 valence electrons. The maximum absolute atomic E-state index is 12.1. The van der Waals surface area contributed by atoms with E-state index in [0.717, 1.165) is 37.2 Å².